The summed E-state index contributed by atoms with van der Waals surface area (Å²) in [4.78, 5) is 3.17. The van der Waals surface area contributed by atoms with Gasteiger partial charge in [0.1, 0.15) is 0 Å². The fourth-order valence-corrected chi connectivity index (χ4v) is 9.51. The van der Waals surface area contributed by atoms with Gasteiger partial charge < -0.3 is 14.9 Å². The first-order valence-corrected chi connectivity index (χ1v) is 18.5. The van der Waals surface area contributed by atoms with E-state index in [1.54, 1.807) is 9.81 Å². The zero-order valence-corrected chi connectivity index (χ0v) is 25.1. The van der Waals surface area contributed by atoms with Crippen molar-refractivity contribution in [3.63, 3.8) is 0 Å². The van der Waals surface area contributed by atoms with Gasteiger partial charge in [-0.3, -0.25) is 0 Å². The first kappa shape index (κ1) is 28.7. The van der Waals surface area contributed by atoms with Crippen molar-refractivity contribution in [2.75, 3.05) is 0 Å². The number of thioether (sulfide) groups is 2. The Kier molecular flexibility index (Phi) is 11.5. The van der Waals surface area contributed by atoms with Crippen LogP contribution in [0.2, 0.25) is 0 Å². The van der Waals surface area contributed by atoms with E-state index in [4.69, 9.17) is 17.0 Å². The van der Waals surface area contributed by atoms with Gasteiger partial charge in [0.2, 0.25) is 0 Å². The zero-order valence-electron chi connectivity index (χ0n) is 19.5. The standard InChI is InChI=1S/C22H34S2.2CH3.2ClH.Zr/c1-12(2)15-7-8-16(11-15)22(5,6)19-17-9-13(3)23-20(17)21-18(19)10-14(4)24-21;;;;;/h9-10,12,15-21H,7-8,11H2,1-6H3;2*1H3;2*1H;/q;2*-1;;;+4/p-2. The summed E-state index contributed by atoms with van der Waals surface area (Å²) in [6, 6.07) is 0. The summed E-state index contributed by atoms with van der Waals surface area (Å²) in [5, 5.41) is 1.67. The molecule has 0 N–H and O–H groups in total. The predicted octanol–water partition coefficient (Wildman–Crippen LogP) is 9.26. The van der Waals surface area contributed by atoms with Crippen molar-refractivity contribution in [2.45, 2.75) is 71.3 Å². The van der Waals surface area contributed by atoms with Gasteiger partial charge in [-0.15, -0.1) is 23.5 Å². The van der Waals surface area contributed by atoms with Crippen LogP contribution in [-0.4, -0.2) is 10.5 Å². The summed E-state index contributed by atoms with van der Waals surface area (Å²) in [5.41, 5.74) is 0.468. The van der Waals surface area contributed by atoms with Crippen LogP contribution in [0.15, 0.2) is 22.0 Å². The van der Waals surface area contributed by atoms with Gasteiger partial charge >= 0.3 is 37.9 Å². The van der Waals surface area contributed by atoms with Crippen LogP contribution in [0.1, 0.15) is 60.8 Å². The second-order valence-electron chi connectivity index (χ2n) is 9.81. The van der Waals surface area contributed by atoms with Crippen molar-refractivity contribution in [1.29, 1.82) is 0 Å². The molecule has 0 aromatic heterocycles. The Bertz CT molecular complexity index is 570. The molecular weight excluding hydrogens is 515 g/mol. The van der Waals surface area contributed by atoms with Crippen molar-refractivity contribution in [1.82, 2.24) is 0 Å². The Hall–Kier alpha value is 1.64. The van der Waals surface area contributed by atoms with E-state index in [-0.39, 0.29) is 14.9 Å². The van der Waals surface area contributed by atoms with Crippen LogP contribution in [0.5, 0.6) is 0 Å². The molecule has 0 radical (unpaired) electrons. The molecule has 2 saturated carbocycles. The fourth-order valence-electron chi connectivity index (χ4n) is 6.40. The molecule has 2 aliphatic heterocycles. The quantitative estimate of drug-likeness (QED) is 0.319. The number of rotatable bonds is 3. The van der Waals surface area contributed by atoms with Crippen LogP contribution < -0.4 is 0 Å². The van der Waals surface area contributed by atoms with Crippen LogP contribution in [0.3, 0.4) is 0 Å². The second kappa shape index (κ2) is 11.7. The van der Waals surface area contributed by atoms with Crippen molar-refractivity contribution >= 4 is 40.5 Å². The fraction of sp³-hybridized carbons (Fsp3) is 0.750. The summed E-state index contributed by atoms with van der Waals surface area (Å²) in [6.07, 6.45) is 9.71. The molecule has 2 fully saturated rings. The van der Waals surface area contributed by atoms with Crippen molar-refractivity contribution < 1.29 is 20.8 Å². The van der Waals surface area contributed by atoms with Gasteiger partial charge in [-0.05, 0) is 83.8 Å². The van der Waals surface area contributed by atoms with Crippen LogP contribution in [0, 0.1) is 55.8 Å². The average Bonchev–Trinajstić information content (AvgIpc) is 3.29. The monoisotopic (exact) mass is 552 g/mol. The summed E-state index contributed by atoms with van der Waals surface area (Å²) < 4.78 is 0. The Morgan fingerprint density at radius 2 is 1.41 bits per heavy atom. The van der Waals surface area contributed by atoms with E-state index in [2.05, 4.69) is 77.2 Å². The molecule has 4 aliphatic rings. The topological polar surface area (TPSA) is 0 Å². The SMILES string of the molecule is CC1=CC2C(S1)C1SC(C)=CC1C2C(C)(C)C1CCC(C(C)C)C1.[CH3-].[CH3-].[Cl][Zr+2][Cl]. The molecule has 0 aromatic rings. The molecule has 0 spiro atoms. The molecule has 166 valence electrons. The number of allylic oxidation sites excluding steroid dienone is 4. The zero-order chi connectivity index (χ0) is 19.9. The van der Waals surface area contributed by atoms with Crippen LogP contribution in [-0.2, 0) is 20.8 Å². The number of hydrogen-bond acceptors (Lipinski definition) is 2. The minimum atomic E-state index is -0.826. The van der Waals surface area contributed by atoms with Gasteiger partial charge in [0, 0.05) is 10.5 Å². The number of fused-ring (bicyclic) bond motifs is 3. The Balaban J connectivity index is 0.000000794. The summed E-state index contributed by atoms with van der Waals surface area (Å²) in [7, 11) is 9.87. The first-order valence-electron chi connectivity index (χ1n) is 10.4. The Labute approximate surface area is 208 Å². The van der Waals surface area contributed by atoms with E-state index in [1.165, 1.54) is 19.3 Å². The second-order valence-corrected chi connectivity index (χ2v) is 16.4. The predicted molar refractivity (Wildman–Crippen MR) is 135 cm³/mol. The summed E-state index contributed by atoms with van der Waals surface area (Å²) in [6.45, 7) is 14.8. The van der Waals surface area contributed by atoms with E-state index in [0.717, 1.165) is 46.0 Å². The van der Waals surface area contributed by atoms with Crippen LogP contribution >= 0.6 is 40.5 Å². The van der Waals surface area contributed by atoms with E-state index < -0.39 is 20.8 Å². The molecule has 2 aliphatic carbocycles. The number of hydrogen-bond donors (Lipinski definition) is 0. The minimum absolute atomic E-state index is 0. The molecule has 6 atom stereocenters. The molecular formula is C24H40Cl2S2Zr. The normalized spacial score (nSPS) is 37.3. The van der Waals surface area contributed by atoms with E-state index in [1.807, 2.05) is 0 Å². The summed E-state index contributed by atoms with van der Waals surface area (Å²) >= 11 is 3.55. The van der Waals surface area contributed by atoms with Gasteiger partial charge in [-0.25, -0.2) is 0 Å². The molecule has 0 nitrogen and oxygen atoms in total. The molecule has 0 saturated heterocycles. The van der Waals surface area contributed by atoms with Crippen molar-refractivity contribution in [3.05, 3.63) is 36.8 Å². The molecule has 5 heteroatoms. The van der Waals surface area contributed by atoms with Gasteiger partial charge in [0.25, 0.3) is 0 Å². The first-order chi connectivity index (χ1) is 12.7. The Morgan fingerprint density at radius 1 is 0.966 bits per heavy atom. The van der Waals surface area contributed by atoms with Gasteiger partial charge in [0.05, 0.1) is 0 Å². The summed E-state index contributed by atoms with van der Waals surface area (Å²) in [5.74, 6) is 5.23. The van der Waals surface area contributed by atoms with Gasteiger partial charge in [0.15, 0.2) is 0 Å². The molecule has 0 amide bonds. The van der Waals surface area contributed by atoms with Crippen LogP contribution in [0.25, 0.3) is 0 Å². The number of halogens is 2. The van der Waals surface area contributed by atoms with Gasteiger partial charge in [-0.1, -0.05) is 39.8 Å². The van der Waals surface area contributed by atoms with Crippen LogP contribution in [0.4, 0.5) is 0 Å². The molecule has 0 bridgehead atoms. The van der Waals surface area contributed by atoms with E-state index in [0.29, 0.717) is 5.41 Å². The third kappa shape index (κ3) is 5.77. The molecule has 0 aromatic carbocycles. The average molecular weight is 555 g/mol. The molecule has 29 heavy (non-hydrogen) atoms. The maximum absolute atomic E-state index is 4.93. The van der Waals surface area contributed by atoms with E-state index >= 15 is 0 Å². The third-order valence-electron chi connectivity index (χ3n) is 7.74. The molecule has 2 heterocycles. The van der Waals surface area contributed by atoms with Gasteiger partial charge in [-0.2, -0.15) is 0 Å². The van der Waals surface area contributed by atoms with Crippen molar-refractivity contribution in [3.8, 4) is 0 Å². The molecule has 6 unspecified atom stereocenters. The van der Waals surface area contributed by atoms with Crippen molar-refractivity contribution in [2.24, 2.45) is 40.9 Å². The molecule has 4 rings (SSSR count). The third-order valence-corrected chi connectivity index (χ3v) is 10.7. The Morgan fingerprint density at radius 3 is 1.79 bits per heavy atom. The van der Waals surface area contributed by atoms with E-state index in [9.17, 15) is 0 Å². The maximum atomic E-state index is 4.93.